The van der Waals surface area contributed by atoms with Crippen molar-refractivity contribution in [1.29, 1.82) is 0 Å². The molecule has 0 nitrogen and oxygen atoms in total. The topological polar surface area (TPSA) is 0 Å². The molecule has 1 aromatic heterocycles. The van der Waals surface area contributed by atoms with Crippen LogP contribution in [-0.2, 0) is 16.1 Å². The van der Waals surface area contributed by atoms with Crippen LogP contribution < -0.4 is 0 Å². The first-order chi connectivity index (χ1) is 15.7. The molecule has 0 spiro atoms. The Kier molecular flexibility index (Phi) is 3.74. The molecule has 5 aromatic rings. The van der Waals surface area contributed by atoms with Crippen LogP contribution in [0.3, 0.4) is 0 Å². The molecular formula is C30H21S2+. The summed E-state index contributed by atoms with van der Waals surface area (Å²) in [4.78, 5) is 2.86. The molecule has 1 unspecified atom stereocenters. The quantitative estimate of drug-likeness (QED) is 0.181. The minimum atomic E-state index is -0.0947. The Morgan fingerprint density at radius 3 is 2.28 bits per heavy atom. The first-order valence-corrected chi connectivity index (χ1v) is 12.7. The molecule has 0 fully saturated rings. The maximum atomic E-state index is 2.44. The Bertz CT molecular complexity index is 1630. The predicted octanol–water partition coefficient (Wildman–Crippen LogP) is 8.04. The number of rotatable bonds is 1. The maximum absolute atomic E-state index is 2.44. The van der Waals surface area contributed by atoms with Crippen molar-refractivity contribution < 1.29 is 0 Å². The molecule has 0 bridgehead atoms. The van der Waals surface area contributed by atoms with E-state index in [0.29, 0.717) is 0 Å². The predicted molar refractivity (Wildman–Crippen MR) is 143 cm³/mol. The number of hydrogen-bond acceptors (Lipinski definition) is 1. The van der Waals surface area contributed by atoms with E-state index in [2.05, 4.69) is 105 Å². The fraction of sp³-hybridized carbons (Fsp3) is 0.100. The fourth-order valence-electron chi connectivity index (χ4n) is 5.65. The van der Waals surface area contributed by atoms with Crippen LogP contribution in [0.4, 0.5) is 0 Å². The Morgan fingerprint density at radius 2 is 1.44 bits per heavy atom. The number of fused-ring (bicyclic) bond motifs is 10. The van der Waals surface area contributed by atoms with Gasteiger partial charge in [-0.2, -0.15) is 0 Å². The number of allylic oxidation sites excluding steroid dienone is 1. The molecule has 32 heavy (non-hydrogen) atoms. The molecular weight excluding hydrogens is 424 g/mol. The summed E-state index contributed by atoms with van der Waals surface area (Å²) in [5.74, 6) is 0. The van der Waals surface area contributed by atoms with Crippen LogP contribution in [0.15, 0.2) is 96.6 Å². The van der Waals surface area contributed by atoms with E-state index in [0.717, 1.165) is 0 Å². The van der Waals surface area contributed by atoms with Crippen molar-refractivity contribution in [2.45, 2.75) is 18.6 Å². The van der Waals surface area contributed by atoms with Gasteiger partial charge in [-0.3, -0.25) is 0 Å². The monoisotopic (exact) mass is 445 g/mol. The van der Waals surface area contributed by atoms with Crippen LogP contribution in [0, 0.1) is 0 Å². The van der Waals surface area contributed by atoms with E-state index in [-0.39, 0.29) is 4.75 Å². The molecule has 0 saturated heterocycles. The first kappa shape index (κ1) is 18.5. The summed E-state index contributed by atoms with van der Waals surface area (Å²) in [5.41, 5.74) is 8.55. The summed E-state index contributed by atoms with van der Waals surface area (Å²) in [7, 11) is 0. The molecule has 1 atom stereocenters. The van der Waals surface area contributed by atoms with Crippen molar-refractivity contribution in [2.75, 3.05) is 0 Å². The average molecular weight is 446 g/mol. The SMILES string of the molecule is CC1=C2c3sc4ccccc4c3-c3c(ccc4ccccc34)C2(C)[S+]=C1c1ccccc1. The molecule has 2 heterocycles. The lowest BCUT2D eigenvalue weighted by atomic mass is 9.75. The Morgan fingerprint density at radius 1 is 0.719 bits per heavy atom. The summed E-state index contributed by atoms with van der Waals surface area (Å²) in [6.07, 6.45) is 0. The van der Waals surface area contributed by atoms with Crippen LogP contribution >= 0.6 is 11.3 Å². The summed E-state index contributed by atoms with van der Waals surface area (Å²) in [5, 5.41) is 4.06. The van der Waals surface area contributed by atoms with Crippen LogP contribution in [-0.4, -0.2) is 4.86 Å². The van der Waals surface area contributed by atoms with Crippen molar-refractivity contribution in [1.82, 2.24) is 0 Å². The molecule has 7 rings (SSSR count). The van der Waals surface area contributed by atoms with E-state index >= 15 is 0 Å². The zero-order chi connectivity index (χ0) is 21.4. The number of benzene rings is 4. The molecule has 0 saturated carbocycles. The zero-order valence-corrected chi connectivity index (χ0v) is 19.6. The number of thiophene rings is 1. The van der Waals surface area contributed by atoms with Crippen molar-refractivity contribution in [2.24, 2.45) is 0 Å². The second kappa shape index (κ2) is 6.48. The van der Waals surface area contributed by atoms with Gasteiger partial charge in [-0.1, -0.05) is 72.8 Å². The lowest BCUT2D eigenvalue weighted by molar-refractivity contribution is 0.908. The van der Waals surface area contributed by atoms with E-state index in [9.17, 15) is 0 Å². The van der Waals surface area contributed by atoms with Crippen molar-refractivity contribution in [3.8, 4) is 11.1 Å². The van der Waals surface area contributed by atoms with E-state index in [1.54, 1.807) is 0 Å². The highest BCUT2D eigenvalue weighted by atomic mass is 32.1. The van der Waals surface area contributed by atoms with Gasteiger partial charge >= 0.3 is 0 Å². The Labute approximate surface area is 195 Å². The van der Waals surface area contributed by atoms with Gasteiger partial charge in [-0.25, -0.2) is 0 Å². The lowest BCUT2D eigenvalue weighted by Crippen LogP contribution is -2.25. The molecule has 2 aliphatic rings. The molecule has 0 amide bonds. The maximum Gasteiger partial charge on any atom is 0.245 e. The smallest absolute Gasteiger partial charge is 0.135 e. The van der Waals surface area contributed by atoms with Gasteiger partial charge in [0.2, 0.25) is 21.0 Å². The second-order valence-corrected chi connectivity index (χ2v) is 11.3. The third-order valence-electron chi connectivity index (χ3n) is 7.05. The van der Waals surface area contributed by atoms with Gasteiger partial charge in [-0.05, 0) is 35.9 Å². The molecule has 2 heteroatoms. The van der Waals surface area contributed by atoms with Crippen LogP contribution in [0.2, 0.25) is 0 Å². The fourth-order valence-corrected chi connectivity index (χ4v) is 8.69. The lowest BCUT2D eigenvalue weighted by Gasteiger charge is -2.28. The van der Waals surface area contributed by atoms with E-state index < -0.39 is 0 Å². The van der Waals surface area contributed by atoms with Gasteiger partial charge in [0.25, 0.3) is 0 Å². The average Bonchev–Trinajstić information content (AvgIpc) is 3.34. The molecule has 0 N–H and O–H groups in total. The van der Waals surface area contributed by atoms with Gasteiger partial charge in [0, 0.05) is 55.3 Å². The summed E-state index contributed by atoms with van der Waals surface area (Å²) >= 11 is 4.00. The zero-order valence-electron chi connectivity index (χ0n) is 18.0. The van der Waals surface area contributed by atoms with Crippen LogP contribution in [0.5, 0.6) is 0 Å². The first-order valence-electron chi connectivity index (χ1n) is 11.0. The van der Waals surface area contributed by atoms with Gasteiger partial charge < -0.3 is 0 Å². The molecule has 4 aromatic carbocycles. The molecule has 1 aliphatic carbocycles. The van der Waals surface area contributed by atoms with Crippen molar-refractivity contribution in [3.05, 3.63) is 113 Å². The van der Waals surface area contributed by atoms with Gasteiger partial charge in [0.05, 0.1) is 0 Å². The minimum Gasteiger partial charge on any atom is -0.135 e. The third kappa shape index (κ3) is 2.29. The highest BCUT2D eigenvalue weighted by Crippen LogP contribution is 2.59. The Hall–Kier alpha value is -3.07. The van der Waals surface area contributed by atoms with Gasteiger partial charge in [-0.15, -0.1) is 11.3 Å². The highest BCUT2D eigenvalue weighted by molar-refractivity contribution is 7.82. The number of hydrogen-bond donors (Lipinski definition) is 0. The highest BCUT2D eigenvalue weighted by Gasteiger charge is 2.55. The summed E-state index contributed by atoms with van der Waals surface area (Å²) in [6.45, 7) is 4.77. The van der Waals surface area contributed by atoms with Crippen molar-refractivity contribution >= 4 is 54.0 Å². The van der Waals surface area contributed by atoms with E-state index in [1.807, 2.05) is 22.7 Å². The molecule has 152 valence electrons. The van der Waals surface area contributed by atoms with Crippen molar-refractivity contribution in [3.63, 3.8) is 0 Å². The second-order valence-electron chi connectivity index (χ2n) is 8.84. The largest absolute Gasteiger partial charge is 0.245 e. The van der Waals surface area contributed by atoms with E-state index in [1.165, 1.54) is 64.0 Å². The van der Waals surface area contributed by atoms with Crippen LogP contribution in [0.1, 0.15) is 29.9 Å². The standard InChI is InChI=1S/C30H21S2/c1-18-27-29-26(22-14-8-9-15-24(22)31-29)25-21-13-7-6-10-19(21)16-17-23(25)30(27,2)32-28(18)20-11-4-3-5-12-20/h3-17H,1-2H3/q+1. The third-order valence-corrected chi connectivity index (χ3v) is 9.82. The van der Waals surface area contributed by atoms with E-state index in [4.69, 9.17) is 0 Å². The van der Waals surface area contributed by atoms with Crippen LogP contribution in [0.25, 0.3) is 37.6 Å². The molecule has 1 aliphatic heterocycles. The van der Waals surface area contributed by atoms with Gasteiger partial charge in [0.15, 0.2) is 0 Å². The Balaban J connectivity index is 1.67. The normalized spacial score (nSPS) is 19.1. The minimum absolute atomic E-state index is 0.0947. The molecule has 0 radical (unpaired) electrons. The summed E-state index contributed by atoms with van der Waals surface area (Å²) in [6, 6.07) is 33.4. The summed E-state index contributed by atoms with van der Waals surface area (Å²) < 4.78 is 1.28. The van der Waals surface area contributed by atoms with Gasteiger partial charge in [0.1, 0.15) is 0 Å².